The highest BCUT2D eigenvalue weighted by atomic mass is 32.1. The molecular weight excluding hydrogens is 244 g/mol. The number of nitrogens with one attached hydrogen (secondary N) is 1. The number of rotatable bonds is 3. The van der Waals surface area contributed by atoms with Gasteiger partial charge in [-0.15, -0.1) is 5.10 Å². The zero-order valence-electron chi connectivity index (χ0n) is 10.0. The average molecular weight is 260 g/mol. The van der Waals surface area contributed by atoms with Crippen LogP contribution in [0.2, 0.25) is 0 Å². The molecule has 0 radical (unpaired) electrons. The van der Waals surface area contributed by atoms with Crippen molar-refractivity contribution >= 4 is 23.0 Å². The fourth-order valence-corrected chi connectivity index (χ4v) is 4.48. The van der Waals surface area contributed by atoms with Crippen LogP contribution in [0.3, 0.4) is 0 Å². The van der Waals surface area contributed by atoms with Gasteiger partial charge in [0, 0.05) is 6.04 Å². The van der Waals surface area contributed by atoms with Crippen molar-refractivity contribution in [1.82, 2.24) is 10.2 Å². The Morgan fingerprint density at radius 3 is 2.72 bits per heavy atom. The van der Waals surface area contributed by atoms with Gasteiger partial charge in [0.1, 0.15) is 4.99 Å². The Morgan fingerprint density at radius 2 is 2.06 bits per heavy atom. The summed E-state index contributed by atoms with van der Waals surface area (Å²) in [5.74, 6) is 4.39. The maximum atomic E-state index is 5.72. The van der Waals surface area contributed by atoms with Gasteiger partial charge in [0.25, 0.3) is 0 Å². The topological polar surface area (TPSA) is 63.8 Å². The molecule has 0 saturated heterocycles. The maximum Gasteiger partial charge on any atom is 0.159 e. The van der Waals surface area contributed by atoms with Crippen LogP contribution in [0.4, 0.5) is 5.82 Å². The van der Waals surface area contributed by atoms with Crippen molar-refractivity contribution in [2.24, 2.45) is 29.4 Å². The summed E-state index contributed by atoms with van der Waals surface area (Å²) >= 11 is 5.05. The van der Waals surface area contributed by atoms with Gasteiger partial charge < -0.3 is 11.1 Å². The van der Waals surface area contributed by atoms with E-state index in [0.717, 1.165) is 35.1 Å². The third kappa shape index (κ3) is 1.40. The summed E-state index contributed by atoms with van der Waals surface area (Å²) in [6.07, 6.45) is 5.94. The Kier molecular flexibility index (Phi) is 2.15. The van der Waals surface area contributed by atoms with Gasteiger partial charge in [-0.05, 0) is 49.0 Å². The van der Waals surface area contributed by atoms with Crippen molar-refractivity contribution in [2.75, 3.05) is 5.32 Å². The van der Waals surface area contributed by atoms with E-state index in [0.29, 0.717) is 11.0 Å². The summed E-state index contributed by atoms with van der Waals surface area (Å²) in [5, 5.41) is 11.6. The van der Waals surface area contributed by atoms with Crippen molar-refractivity contribution in [1.29, 1.82) is 0 Å². The Labute approximate surface area is 111 Å². The monoisotopic (exact) mass is 260 g/mol. The lowest BCUT2D eigenvalue weighted by atomic mass is 10.0. The lowest BCUT2D eigenvalue weighted by Gasteiger charge is -2.12. The minimum Gasteiger partial charge on any atom is -0.389 e. The molecule has 18 heavy (non-hydrogen) atoms. The summed E-state index contributed by atoms with van der Waals surface area (Å²) in [4.78, 5) is 0.390. The second-order valence-corrected chi connectivity index (χ2v) is 6.26. The zero-order chi connectivity index (χ0) is 12.3. The molecule has 1 aromatic heterocycles. The molecule has 3 aliphatic carbocycles. The number of nitrogens with two attached hydrogens (primary N) is 1. The largest absolute Gasteiger partial charge is 0.389 e. The first kappa shape index (κ1) is 10.7. The van der Waals surface area contributed by atoms with Crippen LogP contribution in [0.15, 0.2) is 12.3 Å². The number of hydrogen-bond donors (Lipinski definition) is 2. The van der Waals surface area contributed by atoms with Gasteiger partial charge >= 0.3 is 0 Å². The molecule has 2 bridgehead atoms. The van der Waals surface area contributed by atoms with E-state index in [1.54, 1.807) is 6.20 Å². The van der Waals surface area contributed by atoms with Gasteiger partial charge in [0.2, 0.25) is 0 Å². The first-order valence-electron chi connectivity index (χ1n) is 6.63. The van der Waals surface area contributed by atoms with Gasteiger partial charge in [-0.1, -0.05) is 12.2 Å². The zero-order valence-corrected chi connectivity index (χ0v) is 10.9. The van der Waals surface area contributed by atoms with Crippen LogP contribution in [-0.2, 0) is 0 Å². The third-order valence-electron chi connectivity index (χ3n) is 5.02. The van der Waals surface area contributed by atoms with E-state index in [1.807, 2.05) is 6.07 Å². The predicted molar refractivity (Wildman–Crippen MR) is 73.1 cm³/mol. The molecule has 0 aliphatic heterocycles. The standard InChI is InChI=1S/C13H16N4S/c14-12(18)8-3-4-15-17-13(8)16-11-9-6-1-2-7(5-6)10(9)11/h3-4,6-7,9-11H,1-2,5H2,(H2,14,18)(H,16,17). The SMILES string of the molecule is NC(=S)c1ccnnc1NC1C2C3CCC(C3)C12. The fourth-order valence-electron chi connectivity index (χ4n) is 4.31. The number of fused-ring (bicyclic) bond motifs is 5. The number of nitrogens with zero attached hydrogens (tertiary/aromatic N) is 2. The molecule has 1 aromatic rings. The average Bonchev–Trinajstić information content (AvgIpc) is 2.78. The second kappa shape index (κ2) is 3.63. The highest BCUT2D eigenvalue weighted by molar-refractivity contribution is 7.80. The maximum absolute atomic E-state index is 5.72. The summed E-state index contributed by atoms with van der Waals surface area (Å²) < 4.78 is 0. The van der Waals surface area contributed by atoms with Crippen LogP contribution in [0.5, 0.6) is 0 Å². The number of aromatic nitrogens is 2. The first-order valence-corrected chi connectivity index (χ1v) is 7.04. The van der Waals surface area contributed by atoms with E-state index < -0.39 is 0 Å². The first-order chi connectivity index (χ1) is 8.75. The van der Waals surface area contributed by atoms with E-state index in [9.17, 15) is 0 Å². The van der Waals surface area contributed by atoms with Crippen LogP contribution in [0, 0.1) is 23.7 Å². The van der Waals surface area contributed by atoms with Crippen molar-refractivity contribution < 1.29 is 0 Å². The minimum absolute atomic E-state index is 0.390. The lowest BCUT2D eigenvalue weighted by molar-refractivity contribution is 0.456. The van der Waals surface area contributed by atoms with Crippen LogP contribution >= 0.6 is 12.2 Å². The van der Waals surface area contributed by atoms with Gasteiger partial charge in [-0.25, -0.2) is 0 Å². The number of thiocarbonyl (C=S) groups is 1. The van der Waals surface area contributed by atoms with E-state index in [-0.39, 0.29) is 0 Å². The van der Waals surface area contributed by atoms with E-state index in [1.165, 1.54) is 19.3 Å². The Bertz CT molecular complexity index is 501. The van der Waals surface area contributed by atoms with Gasteiger partial charge in [-0.3, -0.25) is 0 Å². The minimum atomic E-state index is 0.390. The van der Waals surface area contributed by atoms with Crippen molar-refractivity contribution in [2.45, 2.75) is 25.3 Å². The molecule has 0 amide bonds. The van der Waals surface area contributed by atoms with E-state index in [4.69, 9.17) is 18.0 Å². The molecule has 1 heterocycles. The molecule has 4 atom stereocenters. The van der Waals surface area contributed by atoms with Crippen LogP contribution in [0.1, 0.15) is 24.8 Å². The highest BCUT2D eigenvalue weighted by Gasteiger charge is 2.65. The van der Waals surface area contributed by atoms with Crippen LogP contribution < -0.4 is 11.1 Å². The van der Waals surface area contributed by atoms with Crippen molar-refractivity contribution in [3.05, 3.63) is 17.8 Å². The Hall–Kier alpha value is -1.23. The van der Waals surface area contributed by atoms with E-state index >= 15 is 0 Å². The molecule has 4 unspecified atom stereocenters. The van der Waals surface area contributed by atoms with Gasteiger partial charge in [0.15, 0.2) is 5.82 Å². The molecule has 3 aliphatic rings. The molecule has 0 spiro atoms. The second-order valence-electron chi connectivity index (χ2n) is 5.82. The third-order valence-corrected chi connectivity index (χ3v) is 5.24. The van der Waals surface area contributed by atoms with E-state index in [2.05, 4.69) is 15.5 Å². The highest BCUT2D eigenvalue weighted by Crippen LogP contribution is 2.66. The molecule has 3 saturated carbocycles. The molecule has 3 N–H and O–H groups in total. The summed E-state index contributed by atoms with van der Waals surface area (Å²) in [6, 6.07) is 2.42. The molecule has 3 fully saturated rings. The summed E-state index contributed by atoms with van der Waals surface area (Å²) in [5.41, 5.74) is 6.53. The Balaban J connectivity index is 1.55. The van der Waals surface area contributed by atoms with Crippen LogP contribution in [0.25, 0.3) is 0 Å². The molecule has 4 nitrogen and oxygen atoms in total. The molecule has 5 heteroatoms. The van der Waals surface area contributed by atoms with Crippen molar-refractivity contribution in [3.8, 4) is 0 Å². The molecule has 94 valence electrons. The quantitative estimate of drug-likeness (QED) is 0.808. The molecular formula is C13H16N4S. The van der Waals surface area contributed by atoms with Gasteiger partial charge in [-0.2, -0.15) is 5.10 Å². The predicted octanol–water partition coefficient (Wildman–Crippen LogP) is 1.57. The summed E-state index contributed by atoms with van der Waals surface area (Å²) in [6.45, 7) is 0. The normalized spacial score (nSPS) is 39.4. The number of hydrogen-bond acceptors (Lipinski definition) is 4. The molecule has 0 aromatic carbocycles. The van der Waals surface area contributed by atoms with Crippen LogP contribution in [-0.4, -0.2) is 21.2 Å². The summed E-state index contributed by atoms with van der Waals surface area (Å²) in [7, 11) is 0. The fraction of sp³-hybridized carbons (Fsp3) is 0.615. The number of anilines is 1. The Morgan fingerprint density at radius 1 is 1.33 bits per heavy atom. The lowest BCUT2D eigenvalue weighted by Crippen LogP contribution is -2.19. The van der Waals surface area contributed by atoms with Crippen molar-refractivity contribution in [3.63, 3.8) is 0 Å². The molecule has 4 rings (SSSR count). The van der Waals surface area contributed by atoms with Gasteiger partial charge in [0.05, 0.1) is 11.8 Å². The smallest absolute Gasteiger partial charge is 0.159 e.